The van der Waals surface area contributed by atoms with E-state index in [0.717, 1.165) is 23.8 Å². The van der Waals surface area contributed by atoms with Crippen molar-refractivity contribution in [1.82, 2.24) is 14.8 Å². The summed E-state index contributed by atoms with van der Waals surface area (Å²) in [6.45, 7) is 1.94. The van der Waals surface area contributed by atoms with Gasteiger partial charge in [-0.1, -0.05) is 30.0 Å². The van der Waals surface area contributed by atoms with E-state index in [9.17, 15) is 9.59 Å². The highest BCUT2D eigenvalue weighted by Gasteiger charge is 2.28. The van der Waals surface area contributed by atoms with Gasteiger partial charge in [0.1, 0.15) is 5.82 Å². The SMILES string of the molecule is Cc1nnc(SCC(=O)c2ccc(NC(=O)c3ccccc3)cc2)n1C1CC1. The molecule has 1 N–H and O–H groups in total. The zero-order valence-corrected chi connectivity index (χ0v) is 16.3. The number of carbonyl (C=O) groups is 2. The number of carbonyl (C=O) groups excluding carboxylic acids is 2. The number of rotatable bonds is 7. The van der Waals surface area contributed by atoms with Gasteiger partial charge in [0, 0.05) is 22.9 Å². The van der Waals surface area contributed by atoms with E-state index in [-0.39, 0.29) is 11.7 Å². The van der Waals surface area contributed by atoms with Crippen LogP contribution < -0.4 is 5.32 Å². The summed E-state index contributed by atoms with van der Waals surface area (Å²) in [5, 5.41) is 12.0. The van der Waals surface area contributed by atoms with Gasteiger partial charge in [0.2, 0.25) is 0 Å². The highest BCUT2D eigenvalue weighted by Crippen LogP contribution is 2.38. The van der Waals surface area contributed by atoms with E-state index in [4.69, 9.17) is 0 Å². The van der Waals surface area contributed by atoms with Gasteiger partial charge in [0.25, 0.3) is 5.91 Å². The second kappa shape index (κ2) is 7.98. The molecule has 0 atom stereocenters. The Morgan fingerprint density at radius 3 is 2.43 bits per heavy atom. The number of amides is 1. The Hall–Kier alpha value is -2.93. The van der Waals surface area contributed by atoms with Crippen molar-refractivity contribution in [2.75, 3.05) is 11.1 Å². The van der Waals surface area contributed by atoms with Gasteiger partial charge < -0.3 is 9.88 Å². The molecule has 0 radical (unpaired) electrons. The lowest BCUT2D eigenvalue weighted by Gasteiger charge is -2.07. The average Bonchev–Trinajstić information content (AvgIpc) is 3.49. The van der Waals surface area contributed by atoms with Gasteiger partial charge >= 0.3 is 0 Å². The fraction of sp³-hybridized carbons (Fsp3) is 0.238. The summed E-state index contributed by atoms with van der Waals surface area (Å²) in [5.41, 5.74) is 1.86. The summed E-state index contributed by atoms with van der Waals surface area (Å²) >= 11 is 1.42. The minimum absolute atomic E-state index is 0.0222. The first-order valence-corrected chi connectivity index (χ1v) is 10.1. The molecular weight excluding hydrogens is 372 g/mol. The third kappa shape index (κ3) is 4.14. The molecule has 28 heavy (non-hydrogen) atoms. The van der Waals surface area contributed by atoms with Crippen LogP contribution in [0.1, 0.15) is 45.4 Å². The number of aromatic nitrogens is 3. The highest BCUT2D eigenvalue weighted by molar-refractivity contribution is 7.99. The first kappa shape index (κ1) is 18.4. The number of nitrogens with one attached hydrogen (secondary N) is 1. The largest absolute Gasteiger partial charge is 0.322 e. The summed E-state index contributed by atoms with van der Waals surface area (Å²) in [7, 11) is 0. The van der Waals surface area contributed by atoms with Crippen molar-refractivity contribution >= 4 is 29.1 Å². The number of anilines is 1. The van der Waals surface area contributed by atoms with Crippen LogP contribution in [0.3, 0.4) is 0 Å². The second-order valence-electron chi connectivity index (χ2n) is 6.74. The molecule has 0 unspecified atom stereocenters. The maximum Gasteiger partial charge on any atom is 0.255 e. The highest BCUT2D eigenvalue weighted by atomic mass is 32.2. The molecule has 0 spiro atoms. The molecule has 1 saturated carbocycles. The molecule has 1 aliphatic rings. The number of benzene rings is 2. The summed E-state index contributed by atoms with van der Waals surface area (Å²) < 4.78 is 2.13. The van der Waals surface area contributed by atoms with Crippen molar-refractivity contribution in [2.24, 2.45) is 0 Å². The number of hydrogen-bond acceptors (Lipinski definition) is 5. The first-order chi connectivity index (χ1) is 13.6. The molecule has 3 aromatic rings. The predicted molar refractivity (Wildman–Crippen MR) is 109 cm³/mol. The second-order valence-corrected chi connectivity index (χ2v) is 7.68. The topological polar surface area (TPSA) is 76.9 Å². The Morgan fingerprint density at radius 2 is 1.75 bits per heavy atom. The van der Waals surface area contributed by atoms with E-state index in [1.807, 2.05) is 25.1 Å². The lowest BCUT2D eigenvalue weighted by Crippen LogP contribution is -2.12. The molecule has 2 aromatic carbocycles. The Kier molecular flexibility index (Phi) is 5.25. The molecule has 0 aliphatic heterocycles. The molecule has 1 fully saturated rings. The molecule has 1 aliphatic carbocycles. The van der Waals surface area contributed by atoms with E-state index in [2.05, 4.69) is 20.1 Å². The van der Waals surface area contributed by atoms with Crippen LogP contribution in [0.25, 0.3) is 0 Å². The standard InChI is InChI=1S/C21H20N4O2S/c1-14-23-24-21(25(14)18-11-12-18)28-13-19(26)15-7-9-17(10-8-15)22-20(27)16-5-3-2-4-6-16/h2-10,18H,11-13H2,1H3,(H,22,27). The molecule has 6 nitrogen and oxygen atoms in total. The van der Waals surface area contributed by atoms with Crippen LogP contribution >= 0.6 is 11.8 Å². The minimum atomic E-state index is -0.176. The van der Waals surface area contributed by atoms with E-state index in [1.165, 1.54) is 11.8 Å². The number of hydrogen-bond donors (Lipinski definition) is 1. The van der Waals surface area contributed by atoms with Gasteiger partial charge in [-0.15, -0.1) is 10.2 Å². The summed E-state index contributed by atoms with van der Waals surface area (Å²) in [4.78, 5) is 24.7. The Morgan fingerprint density at radius 1 is 1.04 bits per heavy atom. The fourth-order valence-electron chi connectivity index (χ4n) is 2.95. The van der Waals surface area contributed by atoms with Crippen LogP contribution in [0.15, 0.2) is 59.8 Å². The van der Waals surface area contributed by atoms with E-state index >= 15 is 0 Å². The number of Topliss-reactive ketones (excluding diaryl/α,β-unsaturated/α-hetero) is 1. The van der Waals surface area contributed by atoms with Crippen molar-refractivity contribution in [3.8, 4) is 0 Å². The third-order valence-electron chi connectivity index (χ3n) is 4.58. The van der Waals surface area contributed by atoms with Gasteiger partial charge in [-0.2, -0.15) is 0 Å². The molecule has 1 heterocycles. The number of aryl methyl sites for hydroxylation is 1. The van der Waals surface area contributed by atoms with Gasteiger partial charge in [-0.3, -0.25) is 9.59 Å². The molecule has 4 rings (SSSR count). The molecular formula is C21H20N4O2S. The lowest BCUT2D eigenvalue weighted by molar-refractivity contribution is 0.101. The number of thioether (sulfide) groups is 1. The van der Waals surface area contributed by atoms with Gasteiger partial charge in [-0.25, -0.2) is 0 Å². The summed E-state index contributed by atoms with van der Waals surface area (Å²) in [5.74, 6) is 1.05. The van der Waals surface area contributed by atoms with Crippen LogP contribution in [0.4, 0.5) is 5.69 Å². The summed E-state index contributed by atoms with van der Waals surface area (Å²) in [6, 6.07) is 16.5. The predicted octanol–water partition coefficient (Wildman–Crippen LogP) is 4.15. The molecule has 1 aromatic heterocycles. The van der Waals surface area contributed by atoms with Crippen LogP contribution in [0, 0.1) is 6.92 Å². The zero-order chi connectivity index (χ0) is 19.5. The van der Waals surface area contributed by atoms with Crippen LogP contribution in [0.5, 0.6) is 0 Å². The van der Waals surface area contributed by atoms with Crippen LogP contribution in [0.2, 0.25) is 0 Å². The van der Waals surface area contributed by atoms with Crippen molar-refractivity contribution in [1.29, 1.82) is 0 Å². The lowest BCUT2D eigenvalue weighted by atomic mass is 10.1. The Bertz CT molecular complexity index is 995. The van der Waals surface area contributed by atoms with Crippen molar-refractivity contribution in [3.63, 3.8) is 0 Å². The summed E-state index contributed by atoms with van der Waals surface area (Å²) in [6.07, 6.45) is 2.30. The first-order valence-electron chi connectivity index (χ1n) is 9.16. The van der Waals surface area contributed by atoms with Crippen molar-refractivity contribution in [3.05, 3.63) is 71.5 Å². The van der Waals surface area contributed by atoms with Gasteiger partial charge in [-0.05, 0) is 56.2 Å². The van der Waals surface area contributed by atoms with Crippen LogP contribution in [-0.2, 0) is 0 Å². The molecule has 1 amide bonds. The average molecular weight is 392 g/mol. The van der Waals surface area contributed by atoms with Crippen LogP contribution in [-0.4, -0.2) is 32.2 Å². The van der Waals surface area contributed by atoms with E-state index in [1.54, 1.807) is 36.4 Å². The molecule has 0 bridgehead atoms. The normalized spacial score (nSPS) is 13.3. The maximum atomic E-state index is 12.5. The zero-order valence-electron chi connectivity index (χ0n) is 15.5. The molecule has 142 valence electrons. The fourth-order valence-corrected chi connectivity index (χ4v) is 3.89. The maximum absolute atomic E-state index is 12.5. The Balaban J connectivity index is 1.36. The molecule has 0 saturated heterocycles. The Labute approximate surface area is 167 Å². The molecule has 7 heteroatoms. The van der Waals surface area contributed by atoms with Crippen molar-refractivity contribution < 1.29 is 9.59 Å². The van der Waals surface area contributed by atoms with Gasteiger partial charge in [0.05, 0.1) is 5.75 Å². The number of nitrogens with zero attached hydrogens (tertiary/aromatic N) is 3. The monoisotopic (exact) mass is 392 g/mol. The third-order valence-corrected chi connectivity index (χ3v) is 5.52. The quantitative estimate of drug-likeness (QED) is 0.483. The van der Waals surface area contributed by atoms with E-state index in [0.29, 0.717) is 28.6 Å². The van der Waals surface area contributed by atoms with Crippen molar-refractivity contribution in [2.45, 2.75) is 31.0 Å². The number of ketones is 1. The smallest absolute Gasteiger partial charge is 0.255 e. The van der Waals surface area contributed by atoms with E-state index < -0.39 is 0 Å². The van der Waals surface area contributed by atoms with Gasteiger partial charge in [0.15, 0.2) is 10.9 Å². The minimum Gasteiger partial charge on any atom is -0.322 e.